The number of benzene rings is 3. The molecule has 0 bridgehead atoms. The van der Waals surface area contributed by atoms with Gasteiger partial charge in [0, 0.05) is 13.1 Å². The zero-order valence-corrected chi connectivity index (χ0v) is 20.6. The predicted octanol–water partition coefficient (Wildman–Crippen LogP) is 4.77. The number of ether oxygens (including phenoxy) is 4. The topological polar surface area (TPSA) is 52.2 Å². The van der Waals surface area contributed by atoms with E-state index in [0.717, 1.165) is 24.3 Å². The number of hydrogen-bond donors (Lipinski definition) is 1. The summed E-state index contributed by atoms with van der Waals surface area (Å²) in [5, 5.41) is 4.12. The Labute approximate surface area is 206 Å². The average Bonchev–Trinajstić information content (AvgIpc) is 2.90. The maximum absolute atomic E-state index is 6.27. The van der Waals surface area contributed by atoms with Crippen molar-refractivity contribution >= 4 is 17.3 Å². The molecule has 1 heterocycles. The highest BCUT2D eigenvalue weighted by Crippen LogP contribution is 2.39. The Balaban J connectivity index is 1.61. The fourth-order valence-corrected chi connectivity index (χ4v) is 4.52. The van der Waals surface area contributed by atoms with E-state index in [1.807, 2.05) is 48.5 Å². The number of methoxy groups -OCH3 is 3. The Morgan fingerprint density at radius 3 is 2.24 bits per heavy atom. The summed E-state index contributed by atoms with van der Waals surface area (Å²) >= 11 is 5.85. The number of thiocarbonyl (C=S) groups is 1. The van der Waals surface area contributed by atoms with Crippen LogP contribution in [0.3, 0.4) is 0 Å². The number of nitrogens with zero attached hydrogens (tertiary/aromatic N) is 1. The molecule has 178 valence electrons. The van der Waals surface area contributed by atoms with Crippen molar-refractivity contribution in [2.75, 3.05) is 34.5 Å². The van der Waals surface area contributed by atoms with Crippen LogP contribution in [-0.4, -0.2) is 44.5 Å². The smallest absolute Gasteiger partial charge is 0.169 e. The second-order valence-corrected chi connectivity index (χ2v) is 8.36. The van der Waals surface area contributed by atoms with E-state index in [1.165, 1.54) is 11.1 Å². The lowest BCUT2D eigenvalue weighted by atomic mass is 9.92. The van der Waals surface area contributed by atoms with Crippen LogP contribution in [0.15, 0.2) is 66.7 Å². The highest BCUT2D eigenvalue weighted by atomic mass is 32.1. The van der Waals surface area contributed by atoms with Crippen molar-refractivity contribution in [3.05, 3.63) is 83.4 Å². The van der Waals surface area contributed by atoms with E-state index in [2.05, 4.69) is 28.4 Å². The second kappa shape index (κ2) is 11.1. The first-order chi connectivity index (χ1) is 16.6. The minimum Gasteiger partial charge on any atom is -0.493 e. The first kappa shape index (κ1) is 23.7. The molecule has 0 radical (unpaired) electrons. The predicted molar refractivity (Wildman–Crippen MR) is 137 cm³/mol. The standard InChI is InChI=1S/C27H30N2O4S/c1-30-23-11-7-8-12-24(23)33-18-22-21-16-26(32-3)25(31-2)15-20(21)13-14-29(22)27(34)28-17-19-9-5-4-6-10-19/h4-12,15-16,22H,13-14,17-18H2,1-3H3,(H,28,34)/t22-/m1/s1. The molecule has 1 N–H and O–H groups in total. The molecule has 0 saturated heterocycles. The van der Waals surface area contributed by atoms with E-state index in [0.29, 0.717) is 35.5 Å². The van der Waals surface area contributed by atoms with E-state index in [1.54, 1.807) is 21.3 Å². The van der Waals surface area contributed by atoms with Gasteiger partial charge in [0.1, 0.15) is 6.61 Å². The van der Waals surface area contributed by atoms with Crippen molar-refractivity contribution in [2.45, 2.75) is 19.0 Å². The molecule has 6 nitrogen and oxygen atoms in total. The Kier molecular flexibility index (Phi) is 7.75. The monoisotopic (exact) mass is 478 g/mol. The summed E-state index contributed by atoms with van der Waals surface area (Å²) in [6.07, 6.45) is 0.841. The number of rotatable bonds is 8. The van der Waals surface area contributed by atoms with Crippen molar-refractivity contribution in [3.63, 3.8) is 0 Å². The molecule has 1 atom stereocenters. The van der Waals surface area contributed by atoms with E-state index < -0.39 is 0 Å². The maximum atomic E-state index is 6.27. The molecule has 4 rings (SSSR count). The largest absolute Gasteiger partial charge is 0.493 e. The maximum Gasteiger partial charge on any atom is 0.169 e. The first-order valence-corrected chi connectivity index (χ1v) is 11.6. The van der Waals surface area contributed by atoms with Gasteiger partial charge in [-0.1, -0.05) is 42.5 Å². The average molecular weight is 479 g/mol. The lowest BCUT2D eigenvalue weighted by Gasteiger charge is -2.39. The fourth-order valence-electron chi connectivity index (χ4n) is 4.23. The Hall–Kier alpha value is -3.45. The van der Waals surface area contributed by atoms with Gasteiger partial charge in [0.15, 0.2) is 28.1 Å². The zero-order valence-electron chi connectivity index (χ0n) is 19.7. The van der Waals surface area contributed by atoms with Crippen LogP contribution in [0.4, 0.5) is 0 Å². The van der Waals surface area contributed by atoms with Crippen molar-refractivity contribution in [3.8, 4) is 23.0 Å². The number of fused-ring (bicyclic) bond motifs is 1. The van der Waals surface area contributed by atoms with Gasteiger partial charge in [-0.2, -0.15) is 0 Å². The lowest BCUT2D eigenvalue weighted by Crippen LogP contribution is -2.47. The molecule has 0 unspecified atom stereocenters. The van der Waals surface area contributed by atoms with Crippen LogP contribution in [0.5, 0.6) is 23.0 Å². The van der Waals surface area contributed by atoms with Crippen molar-refractivity contribution < 1.29 is 18.9 Å². The van der Waals surface area contributed by atoms with Gasteiger partial charge in [-0.05, 0) is 59.6 Å². The summed E-state index contributed by atoms with van der Waals surface area (Å²) in [5.74, 6) is 2.81. The Morgan fingerprint density at radius 2 is 1.53 bits per heavy atom. The normalized spacial score (nSPS) is 14.7. The molecule has 3 aromatic carbocycles. The molecule has 0 saturated carbocycles. The summed E-state index contributed by atoms with van der Waals surface area (Å²) in [7, 11) is 4.95. The van der Waals surface area contributed by atoms with Crippen LogP contribution in [0.2, 0.25) is 0 Å². The van der Waals surface area contributed by atoms with E-state index in [-0.39, 0.29) is 6.04 Å². The number of para-hydroxylation sites is 2. The van der Waals surface area contributed by atoms with Crippen molar-refractivity contribution in [1.82, 2.24) is 10.2 Å². The molecule has 0 spiro atoms. The molecule has 1 aliphatic rings. The third-order valence-corrected chi connectivity index (χ3v) is 6.39. The highest BCUT2D eigenvalue weighted by Gasteiger charge is 2.31. The van der Waals surface area contributed by atoms with Crippen LogP contribution in [0, 0.1) is 0 Å². The summed E-state index contributed by atoms with van der Waals surface area (Å²) < 4.78 is 22.9. The van der Waals surface area contributed by atoms with E-state index in [9.17, 15) is 0 Å². The molecule has 1 aliphatic heterocycles. The summed E-state index contributed by atoms with van der Waals surface area (Å²) in [6.45, 7) is 1.83. The summed E-state index contributed by atoms with van der Waals surface area (Å²) in [4.78, 5) is 2.20. The van der Waals surface area contributed by atoms with Gasteiger partial charge in [0.25, 0.3) is 0 Å². The lowest BCUT2D eigenvalue weighted by molar-refractivity contribution is 0.182. The van der Waals surface area contributed by atoms with Gasteiger partial charge in [-0.3, -0.25) is 0 Å². The van der Waals surface area contributed by atoms with Crippen molar-refractivity contribution in [2.24, 2.45) is 0 Å². The Bertz CT molecular complexity index is 1120. The molecule has 7 heteroatoms. The van der Waals surface area contributed by atoms with E-state index >= 15 is 0 Å². The third kappa shape index (κ3) is 5.20. The minimum atomic E-state index is -0.107. The van der Waals surface area contributed by atoms with Crippen molar-refractivity contribution in [1.29, 1.82) is 0 Å². The van der Waals surface area contributed by atoms with Crippen LogP contribution in [0.25, 0.3) is 0 Å². The molecule has 3 aromatic rings. The van der Waals surface area contributed by atoms with Crippen LogP contribution in [0.1, 0.15) is 22.7 Å². The van der Waals surface area contributed by atoms with Crippen LogP contribution in [-0.2, 0) is 13.0 Å². The molecular weight excluding hydrogens is 448 g/mol. The van der Waals surface area contributed by atoms with Gasteiger partial charge in [0.2, 0.25) is 0 Å². The van der Waals surface area contributed by atoms with Gasteiger partial charge >= 0.3 is 0 Å². The fraction of sp³-hybridized carbons (Fsp3) is 0.296. The molecular formula is C27H30N2O4S. The molecule has 0 aliphatic carbocycles. The van der Waals surface area contributed by atoms with Gasteiger partial charge in [-0.25, -0.2) is 0 Å². The quantitative estimate of drug-likeness (QED) is 0.468. The number of nitrogens with one attached hydrogen (secondary N) is 1. The SMILES string of the molecule is COc1cc2c(cc1OC)[C@@H](COc1ccccc1OC)N(C(=S)NCc1ccccc1)CC2. The highest BCUT2D eigenvalue weighted by molar-refractivity contribution is 7.80. The molecule has 34 heavy (non-hydrogen) atoms. The summed E-state index contributed by atoms with van der Waals surface area (Å²) in [6, 6.07) is 21.9. The van der Waals surface area contributed by atoms with Gasteiger partial charge in [0.05, 0.1) is 27.4 Å². The zero-order chi connectivity index (χ0) is 23.9. The van der Waals surface area contributed by atoms with E-state index in [4.69, 9.17) is 31.2 Å². The molecule has 0 amide bonds. The molecule has 0 aromatic heterocycles. The first-order valence-electron chi connectivity index (χ1n) is 11.2. The summed E-state index contributed by atoms with van der Waals surface area (Å²) in [5.41, 5.74) is 3.49. The molecule has 0 fully saturated rings. The minimum absolute atomic E-state index is 0.107. The van der Waals surface area contributed by atoms with Gasteiger partial charge < -0.3 is 29.2 Å². The second-order valence-electron chi connectivity index (χ2n) is 7.97. The third-order valence-electron chi connectivity index (χ3n) is 6.02. The van der Waals surface area contributed by atoms with Gasteiger partial charge in [-0.15, -0.1) is 0 Å². The van der Waals surface area contributed by atoms with Crippen LogP contribution < -0.4 is 24.3 Å². The number of hydrogen-bond acceptors (Lipinski definition) is 5. The Morgan fingerprint density at radius 1 is 0.882 bits per heavy atom. The van der Waals surface area contributed by atoms with Crippen LogP contribution >= 0.6 is 12.2 Å².